The van der Waals surface area contributed by atoms with Crippen LogP contribution in [0.25, 0.3) is 16.7 Å². The van der Waals surface area contributed by atoms with Crippen molar-refractivity contribution in [2.24, 2.45) is 0 Å². The van der Waals surface area contributed by atoms with Crippen molar-refractivity contribution < 1.29 is 0 Å². The number of rotatable bonds is 1. The summed E-state index contributed by atoms with van der Waals surface area (Å²) in [6.45, 7) is 0. The summed E-state index contributed by atoms with van der Waals surface area (Å²) < 4.78 is 1.40. The molecule has 0 unspecified atom stereocenters. The van der Waals surface area contributed by atoms with E-state index in [0.29, 0.717) is 16.2 Å². The van der Waals surface area contributed by atoms with Crippen LogP contribution in [0.3, 0.4) is 0 Å². The Bertz CT molecular complexity index is 730. The molecule has 0 atom stereocenters. The Labute approximate surface area is 101 Å². The molecule has 0 bridgehead atoms. The number of nitrogens with zero attached hydrogens (tertiary/aromatic N) is 2. The molecule has 0 saturated heterocycles. The number of benzene rings is 1. The summed E-state index contributed by atoms with van der Waals surface area (Å²) in [5.41, 5.74) is 0.589. The summed E-state index contributed by atoms with van der Waals surface area (Å²) in [7, 11) is 0. The van der Waals surface area contributed by atoms with Gasteiger partial charge >= 0.3 is 0 Å². The van der Waals surface area contributed by atoms with E-state index in [9.17, 15) is 4.79 Å². The molecule has 3 aromatic rings. The quantitative estimate of drug-likeness (QED) is 0.716. The molecule has 3 rings (SSSR count). The van der Waals surface area contributed by atoms with Crippen LogP contribution < -0.4 is 5.56 Å². The van der Waals surface area contributed by atoms with Gasteiger partial charge in [-0.05, 0) is 30.3 Å². The molecule has 1 aromatic carbocycles. The summed E-state index contributed by atoms with van der Waals surface area (Å²) in [5.74, 6) is 0.560. The predicted octanol–water partition coefficient (Wildman–Crippen LogP) is 2.37. The van der Waals surface area contributed by atoms with Gasteiger partial charge in [-0.25, -0.2) is 9.67 Å². The lowest BCUT2D eigenvalue weighted by atomic mass is 10.2. The smallest absolute Gasteiger partial charge is 0.280 e. The molecule has 2 heterocycles. The van der Waals surface area contributed by atoms with Crippen molar-refractivity contribution in [3.63, 3.8) is 0 Å². The molecule has 0 saturated carbocycles. The number of halogens is 1. The van der Waals surface area contributed by atoms with E-state index in [-0.39, 0.29) is 5.56 Å². The lowest BCUT2D eigenvalue weighted by Gasteiger charge is -1.97. The minimum absolute atomic E-state index is 0.152. The Kier molecular flexibility index (Phi) is 2.23. The Balaban J connectivity index is 2.33. The van der Waals surface area contributed by atoms with E-state index in [1.807, 2.05) is 6.07 Å². The predicted molar refractivity (Wildman–Crippen MR) is 66.7 cm³/mol. The van der Waals surface area contributed by atoms with Crippen molar-refractivity contribution in [2.75, 3.05) is 0 Å². The number of aromatic nitrogens is 3. The normalized spacial score (nSPS) is 10.9. The number of hydrogen-bond donors (Lipinski definition) is 1. The second-order valence-corrected chi connectivity index (χ2v) is 4.07. The highest BCUT2D eigenvalue weighted by Crippen LogP contribution is 2.15. The monoisotopic (exact) mass is 245 g/mol. The van der Waals surface area contributed by atoms with E-state index in [0.717, 1.165) is 5.52 Å². The van der Waals surface area contributed by atoms with E-state index in [2.05, 4.69) is 10.1 Å². The summed E-state index contributed by atoms with van der Waals surface area (Å²) in [6.07, 6.45) is 1.64. The average Bonchev–Trinajstić information content (AvgIpc) is 2.68. The first kappa shape index (κ1) is 10.1. The van der Waals surface area contributed by atoms with Gasteiger partial charge < -0.3 is 0 Å². The fourth-order valence-corrected chi connectivity index (χ4v) is 1.90. The minimum atomic E-state index is -0.152. The van der Waals surface area contributed by atoms with Crippen LogP contribution >= 0.6 is 11.6 Å². The van der Waals surface area contributed by atoms with Crippen molar-refractivity contribution >= 4 is 22.5 Å². The lowest BCUT2D eigenvalue weighted by molar-refractivity contribution is 0.831. The molecule has 5 heteroatoms. The third-order valence-electron chi connectivity index (χ3n) is 2.53. The zero-order valence-electron chi connectivity index (χ0n) is 8.72. The fourth-order valence-electron chi connectivity index (χ4n) is 1.73. The molecule has 84 valence electrons. The van der Waals surface area contributed by atoms with E-state index >= 15 is 0 Å². The Hall–Kier alpha value is -2.07. The van der Waals surface area contributed by atoms with Gasteiger partial charge in [0.15, 0.2) is 5.82 Å². The maximum atomic E-state index is 12.1. The van der Waals surface area contributed by atoms with Gasteiger partial charge in [-0.2, -0.15) is 0 Å². The van der Waals surface area contributed by atoms with Gasteiger partial charge in [0.1, 0.15) is 0 Å². The third kappa shape index (κ3) is 1.62. The highest BCUT2D eigenvalue weighted by molar-refractivity contribution is 6.31. The van der Waals surface area contributed by atoms with E-state index in [1.54, 1.807) is 36.5 Å². The fraction of sp³-hybridized carbons (Fsp3) is 0. The van der Waals surface area contributed by atoms with Gasteiger partial charge in [-0.15, -0.1) is 0 Å². The molecule has 4 nitrogen and oxygen atoms in total. The molecule has 0 aliphatic rings. The summed E-state index contributed by atoms with van der Waals surface area (Å²) in [5, 5.41) is 4.09. The van der Waals surface area contributed by atoms with Gasteiger partial charge in [0.05, 0.1) is 10.9 Å². The molecule has 1 N–H and O–H groups in total. The molecule has 17 heavy (non-hydrogen) atoms. The molecule has 2 aromatic heterocycles. The topological polar surface area (TPSA) is 50.7 Å². The largest absolute Gasteiger partial charge is 0.289 e. The zero-order valence-corrected chi connectivity index (χ0v) is 9.48. The summed E-state index contributed by atoms with van der Waals surface area (Å²) in [4.78, 5) is 16.2. The number of H-pyrrole nitrogens is 1. The van der Waals surface area contributed by atoms with Crippen molar-refractivity contribution in [3.05, 3.63) is 58.0 Å². The number of hydrogen-bond acceptors (Lipinski definition) is 2. The molecule has 0 aliphatic carbocycles. The van der Waals surface area contributed by atoms with E-state index in [4.69, 9.17) is 11.6 Å². The van der Waals surface area contributed by atoms with Gasteiger partial charge in [-0.3, -0.25) is 9.89 Å². The van der Waals surface area contributed by atoms with Crippen LogP contribution in [0, 0.1) is 0 Å². The SMILES string of the molecule is O=c1c2cc(Cl)ccc2[nH]n1-c1ccccn1. The van der Waals surface area contributed by atoms with Crippen LogP contribution in [-0.4, -0.2) is 14.8 Å². The van der Waals surface area contributed by atoms with Crippen LogP contribution in [0.4, 0.5) is 0 Å². The maximum absolute atomic E-state index is 12.1. The number of pyridine rings is 1. The summed E-state index contributed by atoms with van der Waals surface area (Å²) >= 11 is 5.87. The minimum Gasteiger partial charge on any atom is -0.289 e. The Morgan fingerprint density at radius 1 is 1.24 bits per heavy atom. The molecule has 0 fully saturated rings. The first-order chi connectivity index (χ1) is 8.25. The van der Waals surface area contributed by atoms with Crippen LogP contribution in [0.1, 0.15) is 0 Å². The van der Waals surface area contributed by atoms with Crippen molar-refractivity contribution in [2.45, 2.75) is 0 Å². The highest BCUT2D eigenvalue weighted by atomic mass is 35.5. The molecule has 0 spiro atoms. The highest BCUT2D eigenvalue weighted by Gasteiger charge is 2.08. The molecule has 0 radical (unpaired) electrons. The van der Waals surface area contributed by atoms with Crippen LogP contribution in [0.2, 0.25) is 5.02 Å². The van der Waals surface area contributed by atoms with Gasteiger partial charge in [0.25, 0.3) is 5.56 Å². The second-order valence-electron chi connectivity index (χ2n) is 3.63. The molecular formula is C12H8ClN3O. The van der Waals surface area contributed by atoms with Crippen molar-refractivity contribution in [1.29, 1.82) is 0 Å². The zero-order chi connectivity index (χ0) is 11.8. The van der Waals surface area contributed by atoms with Crippen LogP contribution in [-0.2, 0) is 0 Å². The Morgan fingerprint density at radius 2 is 2.12 bits per heavy atom. The lowest BCUT2D eigenvalue weighted by Crippen LogP contribution is -2.15. The standard InChI is InChI=1S/C12H8ClN3O/c13-8-4-5-10-9(7-8)12(17)16(15-10)11-3-1-2-6-14-11/h1-7,15H. The second kappa shape index (κ2) is 3.75. The number of aromatic amines is 1. The molecular weight excluding hydrogens is 238 g/mol. The number of fused-ring (bicyclic) bond motifs is 1. The van der Waals surface area contributed by atoms with Crippen LogP contribution in [0.5, 0.6) is 0 Å². The number of nitrogens with one attached hydrogen (secondary N) is 1. The Morgan fingerprint density at radius 3 is 2.88 bits per heavy atom. The van der Waals surface area contributed by atoms with Gasteiger partial charge in [0, 0.05) is 11.2 Å². The van der Waals surface area contributed by atoms with Crippen LogP contribution in [0.15, 0.2) is 47.4 Å². The average molecular weight is 246 g/mol. The van der Waals surface area contributed by atoms with E-state index < -0.39 is 0 Å². The first-order valence-corrected chi connectivity index (χ1v) is 5.45. The van der Waals surface area contributed by atoms with Crippen molar-refractivity contribution in [1.82, 2.24) is 14.8 Å². The first-order valence-electron chi connectivity index (χ1n) is 5.07. The molecule has 0 aliphatic heterocycles. The van der Waals surface area contributed by atoms with Gasteiger partial charge in [-0.1, -0.05) is 17.7 Å². The molecule has 0 amide bonds. The van der Waals surface area contributed by atoms with Gasteiger partial charge in [0.2, 0.25) is 0 Å². The van der Waals surface area contributed by atoms with E-state index in [1.165, 1.54) is 4.68 Å². The van der Waals surface area contributed by atoms with Crippen molar-refractivity contribution in [3.8, 4) is 5.82 Å². The summed E-state index contributed by atoms with van der Waals surface area (Å²) in [6, 6.07) is 10.6. The maximum Gasteiger partial charge on any atom is 0.280 e. The third-order valence-corrected chi connectivity index (χ3v) is 2.76.